The summed E-state index contributed by atoms with van der Waals surface area (Å²) in [6, 6.07) is 4.41. The second-order valence-electron chi connectivity index (χ2n) is 3.17. The van der Waals surface area contributed by atoms with Crippen molar-refractivity contribution >= 4 is 11.8 Å². The molecule has 1 atom stereocenters. The van der Waals surface area contributed by atoms with Crippen LogP contribution >= 0.6 is 0 Å². The van der Waals surface area contributed by atoms with Crippen molar-refractivity contribution in [2.45, 2.75) is 19.9 Å². The van der Waals surface area contributed by atoms with Gasteiger partial charge in [0.25, 0.3) is 5.69 Å². The third-order valence-electron chi connectivity index (χ3n) is 2.15. The highest BCUT2D eigenvalue weighted by atomic mass is 16.6. The fourth-order valence-corrected chi connectivity index (χ4v) is 1.42. The van der Waals surface area contributed by atoms with E-state index in [-0.39, 0.29) is 5.69 Å². The first-order valence-corrected chi connectivity index (χ1v) is 4.38. The summed E-state index contributed by atoms with van der Waals surface area (Å²) in [5, 5.41) is 10.8. The second-order valence-corrected chi connectivity index (χ2v) is 3.17. The molecule has 0 amide bonds. The summed E-state index contributed by atoms with van der Waals surface area (Å²) in [5.41, 5.74) is 1.01. The topological polar surface area (TPSA) is 72.6 Å². The highest BCUT2D eigenvalue weighted by Crippen LogP contribution is 2.29. The molecule has 1 aromatic rings. The van der Waals surface area contributed by atoms with E-state index in [0.29, 0.717) is 11.1 Å². The molecule has 0 aliphatic heterocycles. The Bertz CT molecular complexity index is 436. The molecule has 0 aromatic heterocycles. The Morgan fingerprint density at radius 3 is 2.73 bits per heavy atom. The summed E-state index contributed by atoms with van der Waals surface area (Å²) in [7, 11) is 0. The number of hydrogen-bond donors (Lipinski definition) is 0. The number of hydrogen-bond acceptors (Lipinski definition) is 4. The number of nitrogens with zero attached hydrogens (tertiary/aromatic N) is 2. The molecule has 0 saturated heterocycles. The van der Waals surface area contributed by atoms with Gasteiger partial charge in [0.2, 0.25) is 6.08 Å². The van der Waals surface area contributed by atoms with Crippen molar-refractivity contribution in [3.8, 4) is 0 Å². The standard InChI is InChI=1S/C10H10N2O3/c1-7-4-3-5-9(8(2)11-6-13)10(7)12(14)15/h3-5,8H,1-2H3. The molecule has 0 fully saturated rings. The third-order valence-corrected chi connectivity index (χ3v) is 2.15. The predicted octanol–water partition coefficient (Wildman–Crippen LogP) is 2.30. The summed E-state index contributed by atoms with van der Waals surface area (Å²) in [4.78, 5) is 23.9. The Balaban J connectivity index is 3.34. The highest BCUT2D eigenvalue weighted by molar-refractivity contribution is 5.49. The van der Waals surface area contributed by atoms with Crippen LogP contribution in [0.25, 0.3) is 0 Å². The molecule has 78 valence electrons. The minimum Gasteiger partial charge on any atom is -0.258 e. The molecule has 15 heavy (non-hydrogen) atoms. The summed E-state index contributed by atoms with van der Waals surface area (Å²) in [5.74, 6) is 0. The number of aliphatic imine (C=N–C) groups is 1. The van der Waals surface area contributed by atoms with Crippen LogP contribution in [-0.4, -0.2) is 11.0 Å². The quantitative estimate of drug-likeness (QED) is 0.329. The van der Waals surface area contributed by atoms with Gasteiger partial charge in [0.05, 0.1) is 16.5 Å². The lowest BCUT2D eigenvalue weighted by Gasteiger charge is -2.07. The molecule has 5 nitrogen and oxygen atoms in total. The van der Waals surface area contributed by atoms with Crippen molar-refractivity contribution in [3.63, 3.8) is 0 Å². The maximum Gasteiger partial charge on any atom is 0.277 e. The monoisotopic (exact) mass is 206 g/mol. The van der Waals surface area contributed by atoms with Crippen molar-refractivity contribution < 1.29 is 9.72 Å². The molecule has 0 radical (unpaired) electrons. The largest absolute Gasteiger partial charge is 0.277 e. The van der Waals surface area contributed by atoms with Crippen molar-refractivity contribution in [1.82, 2.24) is 0 Å². The van der Waals surface area contributed by atoms with Gasteiger partial charge >= 0.3 is 0 Å². The van der Waals surface area contributed by atoms with Gasteiger partial charge in [-0.05, 0) is 19.9 Å². The molecule has 0 heterocycles. The van der Waals surface area contributed by atoms with E-state index in [0.717, 1.165) is 0 Å². The average molecular weight is 206 g/mol. The van der Waals surface area contributed by atoms with E-state index in [1.165, 1.54) is 6.08 Å². The van der Waals surface area contributed by atoms with Gasteiger partial charge in [0, 0.05) is 5.56 Å². The molecular weight excluding hydrogens is 196 g/mol. The summed E-state index contributed by atoms with van der Waals surface area (Å²) < 4.78 is 0. The minimum absolute atomic E-state index is 0.0176. The van der Waals surface area contributed by atoms with Gasteiger partial charge in [-0.1, -0.05) is 12.1 Å². The molecule has 0 bridgehead atoms. The van der Waals surface area contributed by atoms with E-state index in [1.54, 1.807) is 32.0 Å². The molecule has 1 rings (SSSR count). The van der Waals surface area contributed by atoms with E-state index in [1.807, 2.05) is 0 Å². The van der Waals surface area contributed by atoms with Crippen LogP contribution in [0.3, 0.4) is 0 Å². The van der Waals surface area contributed by atoms with Crippen LogP contribution in [-0.2, 0) is 4.79 Å². The minimum atomic E-state index is -0.539. The van der Waals surface area contributed by atoms with E-state index in [4.69, 9.17) is 0 Å². The van der Waals surface area contributed by atoms with Gasteiger partial charge < -0.3 is 0 Å². The van der Waals surface area contributed by atoms with Crippen LogP contribution < -0.4 is 0 Å². The number of rotatable bonds is 3. The van der Waals surface area contributed by atoms with E-state index in [2.05, 4.69) is 4.99 Å². The fourth-order valence-electron chi connectivity index (χ4n) is 1.42. The Labute approximate surface area is 86.6 Å². The molecular formula is C10H10N2O3. The van der Waals surface area contributed by atoms with Gasteiger partial charge in [-0.25, -0.2) is 4.79 Å². The number of nitro groups is 1. The molecule has 0 aliphatic carbocycles. The molecule has 1 aromatic carbocycles. The lowest BCUT2D eigenvalue weighted by molar-refractivity contribution is -0.386. The number of isocyanates is 1. The van der Waals surface area contributed by atoms with Crippen molar-refractivity contribution in [2.75, 3.05) is 0 Å². The van der Waals surface area contributed by atoms with Crippen LogP contribution in [0.4, 0.5) is 5.69 Å². The summed E-state index contributed by atoms with van der Waals surface area (Å²) in [6.45, 7) is 3.27. The van der Waals surface area contributed by atoms with E-state index < -0.39 is 11.0 Å². The Morgan fingerprint density at radius 1 is 1.53 bits per heavy atom. The van der Waals surface area contributed by atoms with E-state index >= 15 is 0 Å². The van der Waals surface area contributed by atoms with Gasteiger partial charge in [0.1, 0.15) is 0 Å². The molecule has 0 N–H and O–H groups in total. The third kappa shape index (κ3) is 2.27. The summed E-state index contributed by atoms with van der Waals surface area (Å²) >= 11 is 0. The Morgan fingerprint density at radius 2 is 2.20 bits per heavy atom. The number of aryl methyl sites for hydroxylation is 1. The van der Waals surface area contributed by atoms with Gasteiger partial charge in [-0.3, -0.25) is 10.1 Å². The fraction of sp³-hybridized carbons (Fsp3) is 0.300. The maximum absolute atomic E-state index is 10.8. The van der Waals surface area contributed by atoms with Crippen molar-refractivity contribution in [2.24, 2.45) is 4.99 Å². The van der Waals surface area contributed by atoms with Crippen LogP contribution in [0.2, 0.25) is 0 Å². The molecule has 1 unspecified atom stereocenters. The van der Waals surface area contributed by atoms with Gasteiger partial charge in [-0.15, -0.1) is 0 Å². The normalized spacial score (nSPS) is 11.6. The Kier molecular flexibility index (Phi) is 3.31. The first-order valence-electron chi connectivity index (χ1n) is 4.38. The summed E-state index contributed by atoms with van der Waals surface area (Å²) in [6.07, 6.45) is 1.40. The molecule has 0 saturated carbocycles. The SMILES string of the molecule is Cc1cccc(C(C)N=C=O)c1[N+](=O)[O-]. The zero-order valence-corrected chi connectivity index (χ0v) is 8.43. The maximum atomic E-state index is 10.8. The highest BCUT2D eigenvalue weighted by Gasteiger charge is 2.20. The van der Waals surface area contributed by atoms with Gasteiger partial charge in [-0.2, -0.15) is 4.99 Å². The van der Waals surface area contributed by atoms with Crippen LogP contribution in [0.1, 0.15) is 24.1 Å². The van der Waals surface area contributed by atoms with Crippen molar-refractivity contribution in [1.29, 1.82) is 0 Å². The zero-order chi connectivity index (χ0) is 11.4. The number of nitro benzene ring substituents is 1. The molecule has 0 aliphatic rings. The number of benzene rings is 1. The van der Waals surface area contributed by atoms with Crippen LogP contribution in [0.5, 0.6) is 0 Å². The number of carbonyl (C=O) groups excluding carboxylic acids is 1. The first kappa shape index (κ1) is 11.1. The smallest absolute Gasteiger partial charge is 0.258 e. The number of para-hydroxylation sites is 1. The average Bonchev–Trinajstić information content (AvgIpc) is 2.17. The lowest BCUT2D eigenvalue weighted by Crippen LogP contribution is -2.00. The second kappa shape index (κ2) is 4.48. The molecule has 5 heteroatoms. The lowest BCUT2D eigenvalue weighted by atomic mass is 10.0. The predicted molar refractivity (Wildman–Crippen MR) is 54.4 cm³/mol. The zero-order valence-electron chi connectivity index (χ0n) is 8.43. The Hall–Kier alpha value is -2.00. The molecule has 0 spiro atoms. The van der Waals surface area contributed by atoms with Crippen LogP contribution in [0, 0.1) is 17.0 Å². The van der Waals surface area contributed by atoms with Crippen molar-refractivity contribution in [3.05, 3.63) is 39.4 Å². The van der Waals surface area contributed by atoms with Gasteiger partial charge in [0.15, 0.2) is 0 Å². The van der Waals surface area contributed by atoms with E-state index in [9.17, 15) is 14.9 Å². The van der Waals surface area contributed by atoms with Crippen LogP contribution in [0.15, 0.2) is 23.2 Å². The first-order chi connectivity index (χ1) is 7.07.